The van der Waals surface area contributed by atoms with Gasteiger partial charge in [-0.25, -0.2) is 9.98 Å². The number of amides is 1. The molecule has 3 atom stereocenters. The standard InChI is InChI=1S/C24H40N6O2.HI/c1-5-25-24(29-21-8-6-7-20(14-21)23(31)28-17(2)3)27-15-19-9-10-26-22(13-19)30-11-12-32-18(4)16-30;/h9-10,13,17-18,20-21H,5-8,11-12,14-16H2,1-4H3,(H,28,31)(H2,25,27,29);1H. The summed E-state index contributed by atoms with van der Waals surface area (Å²) in [7, 11) is 0. The number of hydrogen-bond donors (Lipinski definition) is 3. The second-order valence-electron chi connectivity index (χ2n) is 9.21. The predicted molar refractivity (Wildman–Crippen MR) is 144 cm³/mol. The zero-order valence-corrected chi connectivity index (χ0v) is 22.8. The van der Waals surface area contributed by atoms with Gasteiger partial charge in [-0.15, -0.1) is 24.0 Å². The lowest BCUT2D eigenvalue weighted by Crippen LogP contribution is -2.47. The number of hydrogen-bond acceptors (Lipinski definition) is 5. The molecule has 2 aliphatic rings. The fourth-order valence-corrected chi connectivity index (χ4v) is 4.40. The molecule has 1 aliphatic heterocycles. The van der Waals surface area contributed by atoms with Crippen molar-refractivity contribution in [3.05, 3.63) is 23.9 Å². The van der Waals surface area contributed by atoms with Gasteiger partial charge in [0, 0.05) is 43.8 Å². The van der Waals surface area contributed by atoms with Gasteiger partial charge in [-0.05, 0) is 64.7 Å². The Hall–Kier alpha value is -1.62. The second kappa shape index (κ2) is 13.9. The SMILES string of the molecule is CCNC(=NCc1ccnc(N2CCOC(C)C2)c1)NC1CCCC(C(=O)NC(C)C)C1.I. The number of rotatable bonds is 7. The van der Waals surface area contributed by atoms with Crippen molar-refractivity contribution in [3.8, 4) is 0 Å². The van der Waals surface area contributed by atoms with Crippen molar-refractivity contribution in [2.45, 2.75) is 78.1 Å². The number of guanidine groups is 1. The van der Waals surface area contributed by atoms with Gasteiger partial charge in [0.2, 0.25) is 5.91 Å². The number of ether oxygens (including phenoxy) is 1. The van der Waals surface area contributed by atoms with Gasteiger partial charge in [-0.2, -0.15) is 0 Å². The molecule has 9 heteroatoms. The molecule has 1 aromatic heterocycles. The number of morpholine rings is 1. The molecular formula is C24H41IN6O2. The minimum atomic E-state index is 0. The third-order valence-electron chi connectivity index (χ3n) is 5.96. The lowest BCUT2D eigenvalue weighted by molar-refractivity contribution is -0.126. The first-order valence-electron chi connectivity index (χ1n) is 12.1. The summed E-state index contributed by atoms with van der Waals surface area (Å²) in [5, 5.41) is 9.98. The lowest BCUT2D eigenvalue weighted by atomic mass is 9.85. The summed E-state index contributed by atoms with van der Waals surface area (Å²) >= 11 is 0. The van der Waals surface area contributed by atoms with E-state index in [1.165, 1.54) is 0 Å². The topological polar surface area (TPSA) is 90.9 Å². The van der Waals surface area contributed by atoms with Crippen LogP contribution in [0.25, 0.3) is 0 Å². The van der Waals surface area contributed by atoms with E-state index >= 15 is 0 Å². The van der Waals surface area contributed by atoms with Crippen molar-refractivity contribution in [2.75, 3.05) is 31.1 Å². The summed E-state index contributed by atoms with van der Waals surface area (Å²) in [6.07, 6.45) is 6.00. The van der Waals surface area contributed by atoms with Crippen LogP contribution in [0.4, 0.5) is 5.82 Å². The van der Waals surface area contributed by atoms with Crippen molar-refractivity contribution in [3.63, 3.8) is 0 Å². The van der Waals surface area contributed by atoms with E-state index in [1.54, 1.807) is 0 Å². The Morgan fingerprint density at radius 1 is 1.36 bits per heavy atom. The molecule has 3 unspecified atom stereocenters. The first kappa shape index (κ1) is 27.6. The summed E-state index contributed by atoms with van der Waals surface area (Å²) in [5.74, 6) is 2.04. The third kappa shape index (κ3) is 8.92. The van der Waals surface area contributed by atoms with Crippen LogP contribution >= 0.6 is 24.0 Å². The summed E-state index contributed by atoms with van der Waals surface area (Å²) in [6, 6.07) is 4.58. The van der Waals surface area contributed by atoms with E-state index in [4.69, 9.17) is 9.73 Å². The van der Waals surface area contributed by atoms with Crippen molar-refractivity contribution in [1.82, 2.24) is 20.9 Å². The van der Waals surface area contributed by atoms with Crippen LogP contribution in [-0.2, 0) is 16.1 Å². The van der Waals surface area contributed by atoms with E-state index in [0.29, 0.717) is 6.54 Å². The molecule has 33 heavy (non-hydrogen) atoms. The van der Waals surface area contributed by atoms with Crippen molar-refractivity contribution in [2.24, 2.45) is 10.9 Å². The van der Waals surface area contributed by atoms with Crippen LogP contribution in [0.1, 0.15) is 58.9 Å². The van der Waals surface area contributed by atoms with Crippen LogP contribution in [0.5, 0.6) is 0 Å². The van der Waals surface area contributed by atoms with Gasteiger partial charge in [-0.3, -0.25) is 4.79 Å². The quantitative estimate of drug-likeness (QED) is 0.265. The van der Waals surface area contributed by atoms with Gasteiger partial charge in [0.25, 0.3) is 0 Å². The Bertz CT molecular complexity index is 775. The monoisotopic (exact) mass is 572 g/mol. The summed E-state index contributed by atoms with van der Waals surface area (Å²) in [5.41, 5.74) is 1.13. The van der Waals surface area contributed by atoms with Crippen molar-refractivity contribution < 1.29 is 9.53 Å². The Balaban J connectivity index is 0.00000385. The molecule has 3 rings (SSSR count). The van der Waals surface area contributed by atoms with E-state index in [9.17, 15) is 4.79 Å². The zero-order valence-electron chi connectivity index (χ0n) is 20.5. The van der Waals surface area contributed by atoms with Crippen LogP contribution in [0.15, 0.2) is 23.3 Å². The number of carbonyl (C=O) groups excluding carboxylic acids is 1. The van der Waals surface area contributed by atoms with Gasteiger partial charge < -0.3 is 25.6 Å². The molecule has 0 aromatic carbocycles. The van der Waals surface area contributed by atoms with Crippen LogP contribution in [0.3, 0.4) is 0 Å². The van der Waals surface area contributed by atoms with Gasteiger partial charge >= 0.3 is 0 Å². The molecular weight excluding hydrogens is 531 g/mol. The van der Waals surface area contributed by atoms with E-state index in [0.717, 1.165) is 69.3 Å². The minimum absolute atomic E-state index is 0. The maximum atomic E-state index is 12.5. The molecule has 0 radical (unpaired) electrons. The highest BCUT2D eigenvalue weighted by molar-refractivity contribution is 14.0. The van der Waals surface area contributed by atoms with E-state index in [2.05, 4.69) is 45.7 Å². The molecule has 0 spiro atoms. The number of nitrogens with zero attached hydrogens (tertiary/aromatic N) is 3. The van der Waals surface area contributed by atoms with Gasteiger partial charge in [0.05, 0.1) is 19.3 Å². The molecule has 1 amide bonds. The number of aromatic nitrogens is 1. The number of pyridine rings is 1. The lowest BCUT2D eigenvalue weighted by Gasteiger charge is -2.32. The van der Waals surface area contributed by atoms with E-state index < -0.39 is 0 Å². The van der Waals surface area contributed by atoms with Crippen molar-refractivity contribution in [1.29, 1.82) is 0 Å². The average Bonchev–Trinajstić information content (AvgIpc) is 2.77. The maximum absolute atomic E-state index is 12.5. The molecule has 1 aromatic rings. The molecule has 8 nitrogen and oxygen atoms in total. The van der Waals surface area contributed by atoms with E-state index in [1.807, 2.05) is 26.1 Å². The van der Waals surface area contributed by atoms with Crippen LogP contribution < -0.4 is 20.9 Å². The van der Waals surface area contributed by atoms with Crippen LogP contribution in [0.2, 0.25) is 0 Å². The summed E-state index contributed by atoms with van der Waals surface area (Å²) in [4.78, 5) is 24.1. The minimum Gasteiger partial charge on any atom is -0.375 e. The second-order valence-corrected chi connectivity index (χ2v) is 9.21. The Labute approximate surface area is 215 Å². The largest absolute Gasteiger partial charge is 0.375 e. The first-order valence-corrected chi connectivity index (χ1v) is 12.1. The summed E-state index contributed by atoms with van der Waals surface area (Å²) in [6.45, 7) is 12.0. The van der Waals surface area contributed by atoms with Crippen LogP contribution in [-0.4, -0.2) is 61.3 Å². The highest BCUT2D eigenvalue weighted by Gasteiger charge is 2.28. The number of aliphatic imine (C=N–C) groups is 1. The Kier molecular flexibility index (Phi) is 11.7. The molecule has 2 heterocycles. The highest BCUT2D eigenvalue weighted by atomic mass is 127. The Morgan fingerprint density at radius 3 is 2.91 bits per heavy atom. The molecule has 0 bridgehead atoms. The normalized spacial score (nSPS) is 23.6. The first-order chi connectivity index (χ1) is 15.4. The fraction of sp³-hybridized carbons (Fsp3) is 0.708. The zero-order chi connectivity index (χ0) is 22.9. The maximum Gasteiger partial charge on any atom is 0.223 e. The number of carbonyl (C=O) groups is 1. The molecule has 1 saturated heterocycles. The Morgan fingerprint density at radius 2 is 2.18 bits per heavy atom. The van der Waals surface area contributed by atoms with Crippen molar-refractivity contribution >= 4 is 41.7 Å². The predicted octanol–water partition coefficient (Wildman–Crippen LogP) is 3.06. The molecule has 186 valence electrons. The van der Waals surface area contributed by atoms with E-state index in [-0.39, 0.29) is 54.0 Å². The average molecular weight is 573 g/mol. The highest BCUT2D eigenvalue weighted by Crippen LogP contribution is 2.24. The summed E-state index contributed by atoms with van der Waals surface area (Å²) < 4.78 is 5.65. The van der Waals surface area contributed by atoms with Crippen LogP contribution in [0, 0.1) is 5.92 Å². The number of nitrogens with one attached hydrogen (secondary N) is 3. The van der Waals surface area contributed by atoms with Gasteiger partial charge in [0.15, 0.2) is 5.96 Å². The molecule has 1 aliphatic carbocycles. The molecule has 3 N–H and O–H groups in total. The smallest absolute Gasteiger partial charge is 0.223 e. The fourth-order valence-electron chi connectivity index (χ4n) is 4.40. The number of anilines is 1. The number of halogens is 1. The third-order valence-corrected chi connectivity index (χ3v) is 5.96. The van der Waals surface area contributed by atoms with Gasteiger partial charge in [0.1, 0.15) is 5.82 Å². The molecule has 1 saturated carbocycles. The molecule has 2 fully saturated rings. The van der Waals surface area contributed by atoms with Gasteiger partial charge in [-0.1, -0.05) is 6.42 Å².